The van der Waals surface area contributed by atoms with Crippen LogP contribution in [0.15, 0.2) is 60.7 Å². The second-order valence-electron chi connectivity index (χ2n) is 8.85. The summed E-state index contributed by atoms with van der Waals surface area (Å²) in [6, 6.07) is 20.5. The number of unbranched alkanes of at least 4 members (excludes halogenated alkanes) is 7. The fourth-order valence-corrected chi connectivity index (χ4v) is 5.01. The molecule has 33 heavy (non-hydrogen) atoms. The second kappa shape index (κ2) is 14.0. The number of rotatable bonds is 14. The van der Waals surface area contributed by atoms with Crippen molar-refractivity contribution < 1.29 is 9.53 Å². The van der Waals surface area contributed by atoms with Gasteiger partial charge in [0.25, 0.3) is 0 Å². The standard InChI is InChI=1S/C30H38O2S/c1-3-5-6-7-8-9-10-11-13-28-22-23-29(33-28)30(31)32-27-20-18-26(19-21-27)25-16-14-24(12-4-2)15-17-25/h14-23H,3-13H2,1-2H3. The fraction of sp³-hybridized carbons (Fsp3) is 0.433. The zero-order chi connectivity index (χ0) is 23.3. The summed E-state index contributed by atoms with van der Waals surface area (Å²) in [5.74, 6) is 0.322. The number of aryl methyl sites for hydroxylation is 2. The highest BCUT2D eigenvalue weighted by Crippen LogP contribution is 2.25. The Morgan fingerprint density at radius 1 is 0.667 bits per heavy atom. The van der Waals surface area contributed by atoms with Gasteiger partial charge >= 0.3 is 5.97 Å². The number of carbonyl (C=O) groups excluding carboxylic acids is 1. The lowest BCUT2D eigenvalue weighted by Crippen LogP contribution is -2.06. The van der Waals surface area contributed by atoms with Crippen LogP contribution in [0.4, 0.5) is 0 Å². The number of benzene rings is 2. The van der Waals surface area contributed by atoms with Crippen LogP contribution < -0.4 is 4.74 Å². The lowest BCUT2D eigenvalue weighted by atomic mass is 10.0. The molecule has 176 valence electrons. The van der Waals surface area contributed by atoms with Crippen molar-refractivity contribution in [2.24, 2.45) is 0 Å². The molecule has 0 unspecified atom stereocenters. The Labute approximate surface area is 204 Å². The molecule has 0 aliphatic carbocycles. The monoisotopic (exact) mass is 462 g/mol. The molecule has 3 rings (SSSR count). The number of ether oxygens (including phenoxy) is 1. The molecule has 0 amide bonds. The zero-order valence-electron chi connectivity index (χ0n) is 20.3. The van der Waals surface area contributed by atoms with Crippen LogP contribution in [0.3, 0.4) is 0 Å². The van der Waals surface area contributed by atoms with Crippen LogP contribution in [0.5, 0.6) is 5.75 Å². The highest BCUT2D eigenvalue weighted by Gasteiger charge is 2.12. The normalized spacial score (nSPS) is 11.0. The minimum atomic E-state index is -0.265. The number of carbonyl (C=O) groups is 1. The number of thiophene rings is 1. The van der Waals surface area contributed by atoms with Crippen LogP contribution in [0.1, 0.15) is 91.7 Å². The van der Waals surface area contributed by atoms with E-state index in [1.165, 1.54) is 67.4 Å². The van der Waals surface area contributed by atoms with E-state index in [1.54, 1.807) is 11.3 Å². The molecule has 3 aromatic rings. The van der Waals surface area contributed by atoms with Gasteiger partial charge in [0.1, 0.15) is 10.6 Å². The van der Waals surface area contributed by atoms with Gasteiger partial charge in [-0.2, -0.15) is 0 Å². The maximum absolute atomic E-state index is 12.6. The second-order valence-corrected chi connectivity index (χ2v) is 10.0. The van der Waals surface area contributed by atoms with E-state index in [4.69, 9.17) is 4.74 Å². The molecule has 2 aromatic carbocycles. The molecule has 0 N–H and O–H groups in total. The fourth-order valence-electron chi connectivity index (χ4n) is 4.08. The van der Waals surface area contributed by atoms with E-state index in [0.29, 0.717) is 10.6 Å². The summed E-state index contributed by atoms with van der Waals surface area (Å²) in [4.78, 5) is 14.5. The quantitative estimate of drug-likeness (QED) is 0.135. The van der Waals surface area contributed by atoms with Crippen LogP contribution in [-0.4, -0.2) is 5.97 Å². The first-order chi connectivity index (χ1) is 16.2. The molecular weight excluding hydrogens is 424 g/mol. The molecule has 1 aromatic heterocycles. The van der Waals surface area contributed by atoms with E-state index in [0.717, 1.165) is 24.8 Å². The van der Waals surface area contributed by atoms with Gasteiger partial charge < -0.3 is 4.74 Å². The maximum Gasteiger partial charge on any atom is 0.353 e. The molecule has 0 spiro atoms. The van der Waals surface area contributed by atoms with Gasteiger partial charge in [-0.25, -0.2) is 4.79 Å². The average molecular weight is 463 g/mol. The smallest absolute Gasteiger partial charge is 0.353 e. The summed E-state index contributed by atoms with van der Waals surface area (Å²) in [5.41, 5.74) is 3.67. The minimum Gasteiger partial charge on any atom is -0.422 e. The summed E-state index contributed by atoms with van der Waals surface area (Å²) < 4.78 is 5.62. The largest absolute Gasteiger partial charge is 0.422 e. The Kier molecular flexibility index (Phi) is 10.7. The van der Waals surface area contributed by atoms with Gasteiger partial charge in [0.05, 0.1) is 0 Å². The molecular formula is C30H38O2S. The molecule has 0 atom stereocenters. The number of hydrogen-bond donors (Lipinski definition) is 0. The maximum atomic E-state index is 12.6. The van der Waals surface area contributed by atoms with E-state index in [2.05, 4.69) is 44.2 Å². The minimum absolute atomic E-state index is 0.265. The predicted molar refractivity (Wildman–Crippen MR) is 141 cm³/mol. The van der Waals surface area contributed by atoms with Crippen molar-refractivity contribution >= 4 is 17.3 Å². The highest BCUT2D eigenvalue weighted by atomic mass is 32.1. The third-order valence-electron chi connectivity index (χ3n) is 6.03. The van der Waals surface area contributed by atoms with Crippen molar-refractivity contribution in [3.63, 3.8) is 0 Å². The molecule has 3 heteroatoms. The third kappa shape index (κ3) is 8.47. The molecule has 0 aliphatic rings. The first-order valence-electron chi connectivity index (χ1n) is 12.7. The van der Waals surface area contributed by atoms with E-state index in [9.17, 15) is 4.79 Å². The molecule has 0 radical (unpaired) electrons. The van der Waals surface area contributed by atoms with Crippen molar-refractivity contribution in [3.05, 3.63) is 76.0 Å². The van der Waals surface area contributed by atoms with Crippen LogP contribution >= 0.6 is 11.3 Å². The molecule has 0 saturated carbocycles. The third-order valence-corrected chi connectivity index (χ3v) is 7.16. The van der Waals surface area contributed by atoms with Gasteiger partial charge in [-0.3, -0.25) is 0 Å². The van der Waals surface area contributed by atoms with Crippen LogP contribution in [0, 0.1) is 0 Å². The van der Waals surface area contributed by atoms with E-state index in [1.807, 2.05) is 30.3 Å². The van der Waals surface area contributed by atoms with Crippen molar-refractivity contribution in [2.45, 2.75) is 84.5 Å². The van der Waals surface area contributed by atoms with E-state index < -0.39 is 0 Å². The molecule has 0 saturated heterocycles. The van der Waals surface area contributed by atoms with Crippen molar-refractivity contribution in [1.29, 1.82) is 0 Å². The lowest BCUT2D eigenvalue weighted by molar-refractivity contribution is 0.0740. The number of esters is 1. The highest BCUT2D eigenvalue weighted by molar-refractivity contribution is 7.13. The van der Waals surface area contributed by atoms with Gasteiger partial charge in [-0.1, -0.05) is 102 Å². The molecule has 1 heterocycles. The Bertz CT molecular complexity index is 954. The summed E-state index contributed by atoms with van der Waals surface area (Å²) in [7, 11) is 0. The lowest BCUT2D eigenvalue weighted by Gasteiger charge is -2.06. The van der Waals surface area contributed by atoms with Gasteiger partial charge in [-0.05, 0) is 60.2 Å². The van der Waals surface area contributed by atoms with Crippen molar-refractivity contribution in [1.82, 2.24) is 0 Å². The van der Waals surface area contributed by atoms with Gasteiger partial charge in [0, 0.05) is 4.88 Å². The Hall–Kier alpha value is -2.39. The SMILES string of the molecule is CCCCCCCCCCc1ccc(C(=O)Oc2ccc(-c3ccc(CCC)cc3)cc2)s1. The Morgan fingerprint density at radius 3 is 1.91 bits per heavy atom. The number of hydrogen-bond acceptors (Lipinski definition) is 3. The Balaban J connectivity index is 1.43. The van der Waals surface area contributed by atoms with Crippen LogP contribution in [0.2, 0.25) is 0 Å². The summed E-state index contributed by atoms with van der Waals surface area (Å²) in [6.45, 7) is 4.46. The van der Waals surface area contributed by atoms with Crippen LogP contribution in [-0.2, 0) is 12.8 Å². The molecule has 0 fully saturated rings. The average Bonchev–Trinajstić information content (AvgIpc) is 3.31. The first-order valence-corrected chi connectivity index (χ1v) is 13.5. The van der Waals surface area contributed by atoms with Gasteiger partial charge in [0.15, 0.2) is 0 Å². The molecule has 0 aliphatic heterocycles. The summed E-state index contributed by atoms with van der Waals surface area (Å²) in [5, 5.41) is 0. The van der Waals surface area contributed by atoms with Crippen LogP contribution in [0.25, 0.3) is 11.1 Å². The predicted octanol–water partition coefficient (Wildman–Crippen LogP) is 9.27. The Morgan fingerprint density at radius 2 is 1.27 bits per heavy atom. The first kappa shape index (κ1) is 25.2. The van der Waals surface area contributed by atoms with E-state index >= 15 is 0 Å². The topological polar surface area (TPSA) is 26.3 Å². The summed E-state index contributed by atoms with van der Waals surface area (Å²) >= 11 is 1.57. The molecule has 2 nitrogen and oxygen atoms in total. The molecule has 0 bridgehead atoms. The van der Waals surface area contributed by atoms with Gasteiger partial charge in [0.2, 0.25) is 0 Å². The van der Waals surface area contributed by atoms with Gasteiger partial charge in [-0.15, -0.1) is 11.3 Å². The van der Waals surface area contributed by atoms with Crippen molar-refractivity contribution in [2.75, 3.05) is 0 Å². The summed E-state index contributed by atoms with van der Waals surface area (Å²) in [6.07, 6.45) is 13.9. The van der Waals surface area contributed by atoms with Crippen molar-refractivity contribution in [3.8, 4) is 16.9 Å². The van der Waals surface area contributed by atoms with E-state index in [-0.39, 0.29) is 5.97 Å². The zero-order valence-corrected chi connectivity index (χ0v) is 21.1.